The van der Waals surface area contributed by atoms with Crippen LogP contribution >= 0.6 is 0 Å². The second-order valence-electron chi connectivity index (χ2n) is 5.51. The molecule has 22 heavy (non-hydrogen) atoms. The Hall–Kier alpha value is -2.49. The van der Waals surface area contributed by atoms with Gasteiger partial charge in [-0.15, -0.1) is 0 Å². The molecular weight excluding hydrogens is 276 g/mol. The van der Waals surface area contributed by atoms with E-state index in [2.05, 4.69) is 10.3 Å². The van der Waals surface area contributed by atoms with E-state index in [0.29, 0.717) is 18.4 Å². The Morgan fingerprint density at radius 2 is 1.86 bits per heavy atom. The highest BCUT2D eigenvalue weighted by atomic mass is 16.1. The summed E-state index contributed by atoms with van der Waals surface area (Å²) in [6.07, 6.45) is 4.36. The van der Waals surface area contributed by atoms with Gasteiger partial charge in [0.1, 0.15) is 0 Å². The SMILES string of the molecule is CC(C)C(=O)Nc1ccc(CCC(=O)c2cccnc2)cc1. The molecule has 0 saturated carbocycles. The zero-order valence-electron chi connectivity index (χ0n) is 12.9. The van der Waals surface area contributed by atoms with Crippen molar-refractivity contribution in [2.45, 2.75) is 26.7 Å². The molecule has 0 atom stereocenters. The van der Waals surface area contributed by atoms with Crippen LogP contribution in [0.4, 0.5) is 5.69 Å². The summed E-state index contributed by atoms with van der Waals surface area (Å²) in [5, 5.41) is 2.85. The fourth-order valence-electron chi connectivity index (χ4n) is 1.97. The molecule has 0 aliphatic rings. The van der Waals surface area contributed by atoms with E-state index in [4.69, 9.17) is 0 Å². The predicted molar refractivity (Wildman–Crippen MR) is 86.8 cm³/mol. The molecule has 0 spiro atoms. The topological polar surface area (TPSA) is 59.1 Å². The predicted octanol–water partition coefficient (Wildman–Crippen LogP) is 3.49. The molecule has 0 unspecified atom stereocenters. The van der Waals surface area contributed by atoms with Crippen molar-refractivity contribution in [3.63, 3.8) is 0 Å². The number of pyridine rings is 1. The summed E-state index contributed by atoms with van der Waals surface area (Å²) in [6.45, 7) is 3.71. The number of nitrogens with one attached hydrogen (secondary N) is 1. The van der Waals surface area contributed by atoms with Gasteiger partial charge in [-0.3, -0.25) is 14.6 Å². The molecule has 0 radical (unpaired) electrons. The van der Waals surface area contributed by atoms with Crippen molar-refractivity contribution in [1.82, 2.24) is 4.98 Å². The Labute approximate surface area is 130 Å². The number of aromatic nitrogens is 1. The van der Waals surface area contributed by atoms with Gasteiger partial charge in [0, 0.05) is 36.0 Å². The van der Waals surface area contributed by atoms with Crippen LogP contribution in [0.5, 0.6) is 0 Å². The second kappa shape index (κ2) is 7.50. The average molecular weight is 296 g/mol. The normalized spacial score (nSPS) is 10.5. The van der Waals surface area contributed by atoms with Gasteiger partial charge in [-0.2, -0.15) is 0 Å². The van der Waals surface area contributed by atoms with Crippen molar-refractivity contribution in [2.75, 3.05) is 5.32 Å². The lowest BCUT2D eigenvalue weighted by molar-refractivity contribution is -0.118. The molecule has 4 heteroatoms. The van der Waals surface area contributed by atoms with Crippen LogP contribution in [0, 0.1) is 5.92 Å². The van der Waals surface area contributed by atoms with Gasteiger partial charge in [-0.1, -0.05) is 26.0 Å². The van der Waals surface area contributed by atoms with Crippen molar-refractivity contribution in [2.24, 2.45) is 5.92 Å². The fourth-order valence-corrected chi connectivity index (χ4v) is 1.97. The first-order chi connectivity index (χ1) is 10.6. The van der Waals surface area contributed by atoms with E-state index in [1.54, 1.807) is 24.5 Å². The molecule has 2 rings (SSSR count). The van der Waals surface area contributed by atoms with Crippen LogP contribution in [0.3, 0.4) is 0 Å². The zero-order chi connectivity index (χ0) is 15.9. The van der Waals surface area contributed by atoms with Gasteiger partial charge in [-0.05, 0) is 36.2 Å². The molecule has 0 fully saturated rings. The number of ketones is 1. The third-order valence-electron chi connectivity index (χ3n) is 3.37. The summed E-state index contributed by atoms with van der Waals surface area (Å²) in [5.41, 5.74) is 2.49. The molecule has 0 bridgehead atoms. The molecule has 0 aliphatic carbocycles. The van der Waals surface area contributed by atoms with E-state index >= 15 is 0 Å². The highest BCUT2D eigenvalue weighted by Gasteiger charge is 2.08. The monoisotopic (exact) mass is 296 g/mol. The lowest BCUT2D eigenvalue weighted by Gasteiger charge is -2.08. The summed E-state index contributed by atoms with van der Waals surface area (Å²) >= 11 is 0. The summed E-state index contributed by atoms with van der Waals surface area (Å²) in [6, 6.07) is 11.1. The molecule has 1 aromatic carbocycles. The standard InChI is InChI=1S/C18H20N2O2/c1-13(2)18(22)20-16-8-5-14(6-9-16)7-10-17(21)15-4-3-11-19-12-15/h3-6,8-9,11-13H,7,10H2,1-2H3,(H,20,22). The Morgan fingerprint density at radius 3 is 2.45 bits per heavy atom. The number of Topliss-reactive ketones (excluding diaryl/α,β-unsaturated/α-hetero) is 1. The first-order valence-electron chi connectivity index (χ1n) is 7.39. The van der Waals surface area contributed by atoms with E-state index in [1.807, 2.05) is 38.1 Å². The highest BCUT2D eigenvalue weighted by Crippen LogP contribution is 2.13. The number of rotatable bonds is 6. The van der Waals surface area contributed by atoms with Crippen LogP contribution in [-0.4, -0.2) is 16.7 Å². The zero-order valence-corrected chi connectivity index (χ0v) is 12.9. The van der Waals surface area contributed by atoms with Crippen molar-refractivity contribution < 1.29 is 9.59 Å². The summed E-state index contributed by atoms with van der Waals surface area (Å²) < 4.78 is 0. The number of anilines is 1. The molecule has 1 aromatic heterocycles. The fraction of sp³-hybridized carbons (Fsp3) is 0.278. The van der Waals surface area contributed by atoms with Crippen LogP contribution in [-0.2, 0) is 11.2 Å². The van der Waals surface area contributed by atoms with Crippen molar-refractivity contribution in [1.29, 1.82) is 0 Å². The van der Waals surface area contributed by atoms with Gasteiger partial charge in [0.05, 0.1) is 0 Å². The summed E-state index contributed by atoms with van der Waals surface area (Å²) in [4.78, 5) is 27.6. The van der Waals surface area contributed by atoms with Crippen LogP contribution in [0.2, 0.25) is 0 Å². The largest absolute Gasteiger partial charge is 0.326 e. The Bertz CT molecular complexity index is 634. The van der Waals surface area contributed by atoms with E-state index in [9.17, 15) is 9.59 Å². The highest BCUT2D eigenvalue weighted by molar-refractivity contribution is 5.95. The molecular formula is C18H20N2O2. The van der Waals surface area contributed by atoms with E-state index < -0.39 is 0 Å². The number of hydrogen-bond donors (Lipinski definition) is 1. The van der Waals surface area contributed by atoms with Gasteiger partial charge in [-0.25, -0.2) is 0 Å². The van der Waals surface area contributed by atoms with Crippen LogP contribution < -0.4 is 5.32 Å². The molecule has 1 amide bonds. The third-order valence-corrected chi connectivity index (χ3v) is 3.37. The minimum absolute atomic E-state index is 0.000458. The Morgan fingerprint density at radius 1 is 1.14 bits per heavy atom. The van der Waals surface area contributed by atoms with Gasteiger partial charge < -0.3 is 5.32 Å². The van der Waals surface area contributed by atoms with E-state index in [1.165, 1.54) is 0 Å². The van der Waals surface area contributed by atoms with Crippen molar-refractivity contribution in [3.05, 3.63) is 59.9 Å². The molecule has 0 aliphatic heterocycles. The number of carbonyl (C=O) groups is 2. The Balaban J connectivity index is 1.89. The molecule has 1 N–H and O–H groups in total. The molecule has 1 heterocycles. The minimum Gasteiger partial charge on any atom is -0.326 e. The Kier molecular flexibility index (Phi) is 5.42. The van der Waals surface area contributed by atoms with Crippen molar-refractivity contribution >= 4 is 17.4 Å². The van der Waals surface area contributed by atoms with E-state index in [-0.39, 0.29) is 17.6 Å². The molecule has 114 valence electrons. The second-order valence-corrected chi connectivity index (χ2v) is 5.51. The van der Waals surface area contributed by atoms with Crippen LogP contribution in [0.15, 0.2) is 48.8 Å². The maximum atomic E-state index is 12.0. The van der Waals surface area contributed by atoms with E-state index in [0.717, 1.165) is 11.3 Å². The van der Waals surface area contributed by atoms with Crippen molar-refractivity contribution in [3.8, 4) is 0 Å². The van der Waals surface area contributed by atoms with Gasteiger partial charge >= 0.3 is 0 Å². The number of nitrogens with zero attached hydrogens (tertiary/aromatic N) is 1. The summed E-state index contributed by atoms with van der Waals surface area (Å²) in [5.74, 6) is 0.0431. The maximum absolute atomic E-state index is 12.0. The first-order valence-corrected chi connectivity index (χ1v) is 7.39. The van der Waals surface area contributed by atoms with Gasteiger partial charge in [0.2, 0.25) is 5.91 Å². The third kappa shape index (κ3) is 4.52. The minimum atomic E-state index is -0.0446. The quantitative estimate of drug-likeness (QED) is 0.830. The summed E-state index contributed by atoms with van der Waals surface area (Å²) in [7, 11) is 0. The number of hydrogen-bond acceptors (Lipinski definition) is 3. The molecule has 2 aromatic rings. The lowest BCUT2D eigenvalue weighted by Crippen LogP contribution is -2.17. The maximum Gasteiger partial charge on any atom is 0.226 e. The number of aryl methyl sites for hydroxylation is 1. The first kappa shape index (κ1) is 15.9. The molecule has 0 saturated heterocycles. The van der Waals surface area contributed by atoms with Gasteiger partial charge in [0.25, 0.3) is 0 Å². The average Bonchev–Trinajstić information content (AvgIpc) is 2.54. The lowest BCUT2D eigenvalue weighted by atomic mass is 10.0. The number of amides is 1. The smallest absolute Gasteiger partial charge is 0.226 e. The number of carbonyl (C=O) groups excluding carboxylic acids is 2. The van der Waals surface area contributed by atoms with Crippen LogP contribution in [0.25, 0.3) is 0 Å². The van der Waals surface area contributed by atoms with Gasteiger partial charge in [0.15, 0.2) is 5.78 Å². The number of benzene rings is 1. The molecule has 4 nitrogen and oxygen atoms in total. The van der Waals surface area contributed by atoms with Crippen LogP contribution in [0.1, 0.15) is 36.2 Å².